The van der Waals surface area contributed by atoms with Crippen molar-refractivity contribution in [2.24, 2.45) is 0 Å². The van der Waals surface area contributed by atoms with Gasteiger partial charge in [-0.2, -0.15) is 50.5 Å². The first-order valence-electron chi connectivity index (χ1n) is 14.6. The van der Waals surface area contributed by atoms with E-state index < -0.39 is 24.0 Å². The molecular formula is C28H53N2NaO6S4Zn. The molecule has 0 aliphatic rings. The minimum Gasteiger partial charge on any atom is 2.00 e. The number of thiol groups is 4. The van der Waals surface area contributed by atoms with Gasteiger partial charge in [-0.1, -0.05) is 52.4 Å². The van der Waals surface area contributed by atoms with Crippen LogP contribution in [0.3, 0.4) is 0 Å². The molecule has 0 fully saturated rings. The molecule has 42 heavy (non-hydrogen) atoms. The summed E-state index contributed by atoms with van der Waals surface area (Å²) in [6, 6.07) is -1.71. The van der Waals surface area contributed by atoms with Crippen LogP contribution in [-0.2, 0) is 38.7 Å². The van der Waals surface area contributed by atoms with Crippen molar-refractivity contribution < 1.29 is 48.9 Å². The van der Waals surface area contributed by atoms with Crippen molar-refractivity contribution >= 4 is 104 Å². The molecule has 14 heteroatoms. The number of aliphatic carboxylic acids is 2. The van der Waals surface area contributed by atoms with Crippen LogP contribution >= 0.6 is 50.5 Å². The number of nitrogens with one attached hydrogen (secondary N) is 2. The minimum atomic E-state index is -1.20. The summed E-state index contributed by atoms with van der Waals surface area (Å²) in [4.78, 5) is 45.1. The van der Waals surface area contributed by atoms with Crippen LogP contribution in [0.4, 0.5) is 0 Å². The number of carbonyl (C=O) groups excluding carboxylic acids is 4. The van der Waals surface area contributed by atoms with Crippen LogP contribution in [-0.4, -0.2) is 87.4 Å². The van der Waals surface area contributed by atoms with E-state index in [0.29, 0.717) is 36.2 Å². The van der Waals surface area contributed by atoms with Crippen LogP contribution in [0.5, 0.6) is 0 Å². The minimum absolute atomic E-state index is 0. The molecule has 2 unspecified atom stereocenters. The third-order valence-electron chi connectivity index (χ3n) is 6.24. The van der Waals surface area contributed by atoms with Crippen molar-refractivity contribution in [1.29, 1.82) is 0 Å². The van der Waals surface area contributed by atoms with Crippen molar-refractivity contribution in [2.45, 2.75) is 139 Å². The number of rotatable bonds is 24. The van der Waals surface area contributed by atoms with Crippen molar-refractivity contribution in [2.75, 3.05) is 11.5 Å². The smallest absolute Gasteiger partial charge is 2.00 e. The van der Waals surface area contributed by atoms with Gasteiger partial charge in [0.15, 0.2) is 0 Å². The number of carbonyl (C=O) groups is 4. The van der Waals surface area contributed by atoms with Gasteiger partial charge in [0, 0.05) is 23.3 Å². The maximum Gasteiger partial charge on any atom is 2.00 e. The fourth-order valence-electron chi connectivity index (χ4n) is 3.77. The first kappa shape index (κ1) is 49.8. The average Bonchev–Trinajstić information content (AvgIpc) is 2.89. The number of carboxylic acids is 2. The molecule has 0 aromatic rings. The zero-order valence-electron chi connectivity index (χ0n) is 25.0. The summed E-state index contributed by atoms with van der Waals surface area (Å²) in [6.45, 7) is 3.96. The van der Waals surface area contributed by atoms with Gasteiger partial charge in [0.2, 0.25) is 11.8 Å². The Kier molecular flexibility index (Phi) is 41.2. The van der Waals surface area contributed by atoms with Crippen LogP contribution < -0.4 is 20.8 Å². The first-order valence-corrected chi connectivity index (χ1v) is 16.9. The quantitative estimate of drug-likeness (QED) is 0.0514. The van der Waals surface area contributed by atoms with Gasteiger partial charge in [0.1, 0.15) is 0 Å². The van der Waals surface area contributed by atoms with E-state index in [-0.39, 0.29) is 60.8 Å². The summed E-state index contributed by atoms with van der Waals surface area (Å²) >= 11 is 17.1. The van der Waals surface area contributed by atoms with Gasteiger partial charge in [-0.3, -0.25) is 9.59 Å². The van der Waals surface area contributed by atoms with E-state index in [4.69, 9.17) is 0 Å². The Balaban J connectivity index is -0.000000328. The Labute approximate surface area is 311 Å². The van der Waals surface area contributed by atoms with Crippen molar-refractivity contribution in [3.8, 4) is 0 Å². The molecule has 0 aromatic carbocycles. The second kappa shape index (κ2) is 34.8. The van der Waals surface area contributed by atoms with Crippen molar-refractivity contribution in [3.63, 3.8) is 0 Å². The topological polar surface area (TPSA) is 138 Å². The third kappa shape index (κ3) is 32.3. The van der Waals surface area contributed by atoms with Crippen LogP contribution in [0.2, 0.25) is 0 Å². The largest absolute Gasteiger partial charge is 2.00 e. The molecular weight excluding hydrogens is 677 g/mol. The van der Waals surface area contributed by atoms with E-state index in [1.165, 1.54) is 0 Å². The van der Waals surface area contributed by atoms with Gasteiger partial charge in [-0.05, 0) is 62.9 Å². The summed E-state index contributed by atoms with van der Waals surface area (Å²) in [5.74, 6) is -1.17. The van der Waals surface area contributed by atoms with Crippen molar-refractivity contribution in [3.05, 3.63) is 0 Å². The number of carboxylic acid groups (broad SMARTS) is 2. The predicted octanol–water partition coefficient (Wildman–Crippen LogP) is 2.53. The molecule has 0 aliphatic heterocycles. The molecule has 0 saturated carbocycles. The van der Waals surface area contributed by atoms with Gasteiger partial charge in [0.25, 0.3) is 0 Å². The zero-order valence-corrected chi connectivity index (χ0v) is 31.5. The third-order valence-corrected chi connectivity index (χ3v) is 7.79. The maximum atomic E-state index is 11.7. The maximum absolute atomic E-state index is 11.7. The Hall–Kier alpha value is 0.903. The molecule has 0 aliphatic carbocycles. The van der Waals surface area contributed by atoms with E-state index in [2.05, 4.69) is 61.1 Å². The fourth-order valence-corrected chi connectivity index (χ4v) is 5.42. The molecule has 4 atom stereocenters. The van der Waals surface area contributed by atoms with Crippen LogP contribution in [0.25, 0.3) is 0 Å². The molecule has 8 nitrogen and oxygen atoms in total. The summed E-state index contributed by atoms with van der Waals surface area (Å²) < 4.78 is 0. The van der Waals surface area contributed by atoms with Crippen LogP contribution in [0.15, 0.2) is 0 Å². The zero-order chi connectivity index (χ0) is 30.8. The molecule has 238 valence electrons. The standard InChI is InChI=1S/2C14H27NO3S2.Na.Zn.H/c2*1-2-3-7-12(14(17)18)15-13(16)8-5-4-6-11(20)9-10-19;;;/h2*11-12,19-20H,2-10H2,1H3,(H,15,16)(H,17,18);;;/q;;;+2;/p-2/t2*11?,12-;;;/m00.../s1. The van der Waals surface area contributed by atoms with Crippen LogP contribution in [0, 0.1) is 0 Å². The Morgan fingerprint density at radius 1 is 0.595 bits per heavy atom. The van der Waals surface area contributed by atoms with Crippen LogP contribution in [0.1, 0.15) is 117 Å². The molecule has 0 aromatic heterocycles. The van der Waals surface area contributed by atoms with E-state index in [0.717, 1.165) is 88.6 Å². The molecule has 0 radical (unpaired) electrons. The van der Waals surface area contributed by atoms with E-state index in [1.807, 2.05) is 13.8 Å². The van der Waals surface area contributed by atoms with Crippen molar-refractivity contribution in [1.82, 2.24) is 10.6 Å². The summed E-state index contributed by atoms with van der Waals surface area (Å²) in [7, 11) is 0. The Morgan fingerprint density at radius 3 is 1.19 bits per heavy atom. The second-order valence-electron chi connectivity index (χ2n) is 9.99. The molecule has 0 bridgehead atoms. The SMILES string of the molecule is CCCC[C@H](NC(=O)CCCCC(S)CCS)C(=O)[O-].CCCC[C@H](NC(=O)CCCCC(S)CCS)C(=O)[O-].[NaH].[Zn+2]. The van der Waals surface area contributed by atoms with Gasteiger partial charge < -0.3 is 30.4 Å². The normalized spacial score (nSPS) is 13.1. The molecule has 2 amide bonds. The van der Waals surface area contributed by atoms with Gasteiger partial charge >= 0.3 is 49.0 Å². The summed E-state index contributed by atoms with van der Waals surface area (Å²) in [6.07, 6.45) is 12.1. The number of unbranched alkanes of at least 4 members (excludes halogenated alkanes) is 4. The monoisotopic (exact) mass is 728 g/mol. The molecule has 0 saturated heterocycles. The second-order valence-corrected chi connectivity index (χ2v) is 12.3. The van der Waals surface area contributed by atoms with E-state index in [1.54, 1.807) is 0 Å². The molecule has 0 rings (SSSR count). The average molecular weight is 730 g/mol. The van der Waals surface area contributed by atoms with Gasteiger partial charge in [-0.15, -0.1) is 0 Å². The Morgan fingerprint density at radius 2 is 0.929 bits per heavy atom. The summed E-state index contributed by atoms with van der Waals surface area (Å²) in [5, 5.41) is 27.5. The summed E-state index contributed by atoms with van der Waals surface area (Å²) in [5.41, 5.74) is 0. The van der Waals surface area contributed by atoms with Gasteiger partial charge in [-0.25, -0.2) is 0 Å². The molecule has 2 N–H and O–H groups in total. The number of amides is 2. The molecule has 0 spiro atoms. The first-order chi connectivity index (χ1) is 19.0. The van der Waals surface area contributed by atoms with E-state index >= 15 is 0 Å². The fraction of sp³-hybridized carbons (Fsp3) is 0.857. The predicted molar refractivity (Wildman–Crippen MR) is 179 cm³/mol. The van der Waals surface area contributed by atoms with E-state index in [9.17, 15) is 29.4 Å². The number of hydrogen-bond donors (Lipinski definition) is 6. The van der Waals surface area contributed by atoms with Gasteiger partial charge in [0.05, 0.1) is 24.0 Å². The number of hydrogen-bond acceptors (Lipinski definition) is 10. The Bertz CT molecular complexity index is 645. The molecule has 0 heterocycles.